The van der Waals surface area contributed by atoms with Gasteiger partial charge in [-0.3, -0.25) is 4.79 Å². The molecule has 0 spiro atoms. The number of carbonyl (C=O) groups excluding carboxylic acids is 1. The Morgan fingerprint density at radius 3 is 2.32 bits per heavy atom. The van der Waals surface area contributed by atoms with E-state index in [4.69, 9.17) is 4.74 Å². The summed E-state index contributed by atoms with van der Waals surface area (Å²) in [7, 11) is -3.46. The van der Waals surface area contributed by atoms with Gasteiger partial charge in [0.1, 0.15) is 11.6 Å². The number of rotatable bonds is 7. The van der Waals surface area contributed by atoms with Crippen molar-refractivity contribution in [3.05, 3.63) is 59.9 Å². The number of nitrogens with one attached hydrogen (secondary N) is 1. The van der Waals surface area contributed by atoms with Crippen molar-refractivity contribution in [2.45, 2.75) is 30.7 Å². The van der Waals surface area contributed by atoms with Crippen molar-refractivity contribution in [3.8, 4) is 5.75 Å². The number of sulfonamides is 1. The van der Waals surface area contributed by atoms with Crippen LogP contribution in [0, 0.1) is 5.82 Å². The highest BCUT2D eigenvalue weighted by Crippen LogP contribution is 2.23. The summed E-state index contributed by atoms with van der Waals surface area (Å²) in [6, 6.07) is 11.7. The molecule has 1 aliphatic heterocycles. The molecule has 1 aliphatic rings. The Morgan fingerprint density at radius 2 is 1.71 bits per heavy atom. The van der Waals surface area contributed by atoms with Crippen LogP contribution in [-0.2, 0) is 14.8 Å². The van der Waals surface area contributed by atoms with Crippen molar-refractivity contribution < 1.29 is 22.3 Å². The zero-order valence-corrected chi connectivity index (χ0v) is 16.4. The van der Waals surface area contributed by atoms with E-state index in [1.807, 2.05) is 0 Å². The van der Waals surface area contributed by atoms with Gasteiger partial charge >= 0.3 is 0 Å². The fourth-order valence-electron chi connectivity index (χ4n) is 3.05. The number of halogens is 1. The van der Waals surface area contributed by atoms with Crippen LogP contribution in [0.2, 0.25) is 0 Å². The lowest BCUT2D eigenvalue weighted by Crippen LogP contribution is -2.31. The second-order valence-electron chi connectivity index (χ2n) is 6.71. The summed E-state index contributed by atoms with van der Waals surface area (Å²) in [5.74, 6) is -0.253. The predicted molar refractivity (Wildman–Crippen MR) is 103 cm³/mol. The Bertz CT molecular complexity index is 908. The van der Waals surface area contributed by atoms with Gasteiger partial charge in [-0.1, -0.05) is 12.1 Å². The SMILES string of the molecule is C[C@H](NC(=O)COc1ccc(S(=O)(=O)N2CCCC2)cc1)c1ccc(F)cc1. The molecule has 0 aliphatic carbocycles. The van der Waals surface area contributed by atoms with Gasteiger partial charge in [0.25, 0.3) is 5.91 Å². The number of benzene rings is 2. The predicted octanol–water partition coefficient (Wildman–Crippen LogP) is 2.87. The van der Waals surface area contributed by atoms with E-state index in [-0.39, 0.29) is 29.3 Å². The minimum Gasteiger partial charge on any atom is -0.484 e. The summed E-state index contributed by atoms with van der Waals surface area (Å²) in [6.45, 7) is 2.69. The number of hydrogen-bond donors (Lipinski definition) is 1. The molecule has 28 heavy (non-hydrogen) atoms. The van der Waals surface area contributed by atoms with E-state index >= 15 is 0 Å². The van der Waals surface area contributed by atoms with Gasteiger partial charge in [0.15, 0.2) is 6.61 Å². The molecule has 3 rings (SSSR count). The summed E-state index contributed by atoms with van der Waals surface area (Å²) in [5, 5.41) is 2.77. The maximum Gasteiger partial charge on any atom is 0.258 e. The standard InChI is InChI=1S/C20H23FN2O4S/c1-15(16-4-6-17(21)7-5-16)22-20(24)14-27-18-8-10-19(11-9-18)28(25,26)23-12-2-3-13-23/h4-11,15H,2-3,12-14H2,1H3,(H,22,24)/t15-/m0/s1. The summed E-state index contributed by atoms with van der Waals surface area (Å²) in [5.41, 5.74) is 0.784. The Kier molecular flexibility index (Phi) is 6.31. The summed E-state index contributed by atoms with van der Waals surface area (Å²) >= 11 is 0. The second-order valence-corrected chi connectivity index (χ2v) is 8.65. The summed E-state index contributed by atoms with van der Waals surface area (Å²) < 4.78 is 44.9. The normalized spacial score (nSPS) is 15.9. The zero-order valence-electron chi connectivity index (χ0n) is 15.6. The van der Waals surface area contributed by atoms with Gasteiger partial charge < -0.3 is 10.1 Å². The molecule has 8 heteroatoms. The molecule has 1 atom stereocenters. The largest absolute Gasteiger partial charge is 0.484 e. The smallest absolute Gasteiger partial charge is 0.258 e. The molecule has 1 fully saturated rings. The van der Waals surface area contributed by atoms with E-state index in [1.165, 1.54) is 28.6 Å². The number of nitrogens with zero attached hydrogens (tertiary/aromatic N) is 1. The lowest BCUT2D eigenvalue weighted by Gasteiger charge is -2.16. The third kappa shape index (κ3) is 4.88. The average Bonchev–Trinajstić information content (AvgIpc) is 3.23. The molecule has 1 heterocycles. The second kappa shape index (κ2) is 8.70. The van der Waals surface area contributed by atoms with E-state index in [0.29, 0.717) is 18.8 Å². The maximum absolute atomic E-state index is 13.0. The first-order valence-electron chi connectivity index (χ1n) is 9.14. The Hall–Kier alpha value is -2.45. The van der Waals surface area contributed by atoms with Crippen LogP contribution >= 0.6 is 0 Å². The third-order valence-corrected chi connectivity index (χ3v) is 6.56. The molecule has 0 bridgehead atoms. The molecule has 150 valence electrons. The van der Waals surface area contributed by atoms with Crippen LogP contribution in [0.5, 0.6) is 5.75 Å². The zero-order chi connectivity index (χ0) is 20.1. The number of carbonyl (C=O) groups is 1. The van der Waals surface area contributed by atoms with Crippen molar-refractivity contribution in [1.82, 2.24) is 9.62 Å². The Balaban J connectivity index is 1.53. The van der Waals surface area contributed by atoms with E-state index in [1.54, 1.807) is 31.2 Å². The monoisotopic (exact) mass is 406 g/mol. The van der Waals surface area contributed by atoms with Gasteiger partial charge in [-0.2, -0.15) is 4.31 Å². The molecular formula is C20H23FN2O4S. The van der Waals surface area contributed by atoms with Crippen LogP contribution in [0.4, 0.5) is 4.39 Å². The number of amides is 1. The summed E-state index contributed by atoms with van der Waals surface area (Å²) in [4.78, 5) is 12.3. The van der Waals surface area contributed by atoms with Gasteiger partial charge in [-0.05, 0) is 61.7 Å². The first-order chi connectivity index (χ1) is 13.4. The number of ether oxygens (including phenoxy) is 1. The van der Waals surface area contributed by atoms with Gasteiger partial charge in [0, 0.05) is 13.1 Å². The molecule has 0 saturated carbocycles. The molecule has 6 nitrogen and oxygen atoms in total. The molecule has 0 aromatic heterocycles. The molecule has 0 unspecified atom stereocenters. The Morgan fingerprint density at radius 1 is 1.11 bits per heavy atom. The van der Waals surface area contributed by atoms with E-state index in [0.717, 1.165) is 18.4 Å². The molecule has 1 saturated heterocycles. The average molecular weight is 406 g/mol. The molecule has 0 radical (unpaired) electrons. The molecule has 1 N–H and O–H groups in total. The van der Waals surface area contributed by atoms with Crippen molar-refractivity contribution in [2.75, 3.05) is 19.7 Å². The van der Waals surface area contributed by atoms with E-state index in [9.17, 15) is 17.6 Å². The van der Waals surface area contributed by atoms with Crippen molar-refractivity contribution in [3.63, 3.8) is 0 Å². The van der Waals surface area contributed by atoms with Gasteiger partial charge in [-0.25, -0.2) is 12.8 Å². The minimum absolute atomic E-state index is 0.205. The lowest BCUT2D eigenvalue weighted by molar-refractivity contribution is -0.123. The van der Waals surface area contributed by atoms with Crippen LogP contribution < -0.4 is 10.1 Å². The van der Waals surface area contributed by atoms with Crippen LogP contribution in [0.15, 0.2) is 53.4 Å². The van der Waals surface area contributed by atoms with E-state index in [2.05, 4.69) is 5.32 Å². The lowest BCUT2D eigenvalue weighted by atomic mass is 10.1. The third-order valence-electron chi connectivity index (χ3n) is 4.64. The van der Waals surface area contributed by atoms with E-state index < -0.39 is 10.0 Å². The van der Waals surface area contributed by atoms with Crippen LogP contribution in [-0.4, -0.2) is 38.3 Å². The first-order valence-corrected chi connectivity index (χ1v) is 10.6. The minimum atomic E-state index is -3.46. The van der Waals surface area contributed by atoms with Crippen LogP contribution in [0.25, 0.3) is 0 Å². The van der Waals surface area contributed by atoms with Crippen molar-refractivity contribution >= 4 is 15.9 Å². The quantitative estimate of drug-likeness (QED) is 0.767. The Labute approximate surface area is 164 Å². The topological polar surface area (TPSA) is 75.7 Å². The highest BCUT2D eigenvalue weighted by Gasteiger charge is 2.26. The first kappa shape index (κ1) is 20.3. The molecule has 1 amide bonds. The van der Waals surface area contributed by atoms with Crippen LogP contribution in [0.3, 0.4) is 0 Å². The van der Waals surface area contributed by atoms with Gasteiger partial charge in [-0.15, -0.1) is 0 Å². The fourth-order valence-corrected chi connectivity index (χ4v) is 4.57. The highest BCUT2D eigenvalue weighted by molar-refractivity contribution is 7.89. The highest BCUT2D eigenvalue weighted by atomic mass is 32.2. The molecule has 2 aromatic rings. The van der Waals surface area contributed by atoms with Crippen molar-refractivity contribution in [1.29, 1.82) is 0 Å². The van der Waals surface area contributed by atoms with Gasteiger partial charge in [0.2, 0.25) is 10.0 Å². The summed E-state index contributed by atoms with van der Waals surface area (Å²) in [6.07, 6.45) is 1.76. The molecule has 2 aromatic carbocycles. The fraction of sp³-hybridized carbons (Fsp3) is 0.350. The maximum atomic E-state index is 13.0. The van der Waals surface area contributed by atoms with Crippen molar-refractivity contribution in [2.24, 2.45) is 0 Å². The van der Waals surface area contributed by atoms with Crippen LogP contribution in [0.1, 0.15) is 31.4 Å². The number of hydrogen-bond acceptors (Lipinski definition) is 4. The van der Waals surface area contributed by atoms with Gasteiger partial charge in [0.05, 0.1) is 10.9 Å². The molecular weight excluding hydrogens is 383 g/mol.